The van der Waals surface area contributed by atoms with Crippen molar-refractivity contribution in [2.75, 3.05) is 0 Å². The number of hydrogen-bond donors (Lipinski definition) is 0. The minimum absolute atomic E-state index is 3.72. The maximum Gasteiger partial charge on any atom is 0.385 e. The molecule has 1 fully saturated rings. The molecule has 0 spiro atoms. The topological polar surface area (TPSA) is 34.1 Å². The zero-order valence-electron chi connectivity index (χ0n) is 9.52. The van der Waals surface area contributed by atoms with Crippen molar-refractivity contribution in [1.29, 1.82) is 0 Å². The van der Waals surface area contributed by atoms with Crippen LogP contribution in [0.1, 0.15) is 0 Å². The van der Waals surface area contributed by atoms with Gasteiger partial charge >= 0.3 is 43.8 Å². The van der Waals surface area contributed by atoms with E-state index in [0.29, 0.717) is 0 Å². The molecule has 2 nitrogen and oxygen atoms in total. The summed E-state index contributed by atoms with van der Waals surface area (Å²) in [7, 11) is 4.81. The number of alkyl halides is 12. The summed E-state index contributed by atoms with van der Waals surface area (Å²) in [6, 6.07) is 0. The molecule has 0 N–H and O–H groups in total. The average Bonchev–Trinajstić information content (AvgIpc) is 2.23. The van der Waals surface area contributed by atoms with E-state index < -0.39 is 43.8 Å². The van der Waals surface area contributed by atoms with Crippen molar-refractivity contribution in [2.24, 2.45) is 0 Å². The van der Waals surface area contributed by atoms with Gasteiger partial charge in [0.25, 0.3) is 0 Å². The summed E-state index contributed by atoms with van der Waals surface area (Å²) in [5.74, 6) is -44.1. The molecule has 0 saturated heterocycles. The summed E-state index contributed by atoms with van der Waals surface area (Å²) in [5.41, 5.74) is 0. The first-order valence-corrected chi connectivity index (χ1v) is 7.55. The highest BCUT2D eigenvalue weighted by atomic mass is 36.0. The van der Waals surface area contributed by atoms with Gasteiger partial charge in [0.2, 0.25) is 0 Å². The molecule has 0 radical (unpaired) electrons. The summed E-state index contributed by atoms with van der Waals surface area (Å²) >= 11 is 0. The van der Waals surface area contributed by atoms with Crippen molar-refractivity contribution < 1.29 is 61.1 Å². The van der Waals surface area contributed by atoms with E-state index in [1.807, 2.05) is 0 Å². The molecule has 1 aliphatic rings. The largest absolute Gasteiger partial charge is 0.385 e. The molecule has 0 bridgehead atoms. The third kappa shape index (κ3) is 2.92. The molecular formula is C6Cl2F12O2S. The van der Waals surface area contributed by atoms with Crippen LogP contribution >= 0.6 is 21.4 Å². The Hall–Kier alpha value is -0.310. The van der Waals surface area contributed by atoms with Crippen molar-refractivity contribution in [3.8, 4) is 0 Å². The van der Waals surface area contributed by atoms with Gasteiger partial charge in [-0.25, -0.2) is 0 Å². The third-order valence-corrected chi connectivity index (χ3v) is 2.37. The Morgan fingerprint density at radius 1 is 0.435 bits per heavy atom. The molecule has 0 amide bonds. The molecular weight excluding hydrogens is 435 g/mol. The van der Waals surface area contributed by atoms with Gasteiger partial charge in [0.1, 0.15) is 0 Å². The van der Waals surface area contributed by atoms with Gasteiger partial charge < -0.3 is 0 Å². The zero-order chi connectivity index (χ0) is 19.5. The highest BCUT2D eigenvalue weighted by Crippen LogP contribution is 2.69. The Bertz CT molecular complexity index is 445. The quantitative estimate of drug-likeness (QED) is 0.415. The van der Waals surface area contributed by atoms with Crippen molar-refractivity contribution in [3.63, 3.8) is 0 Å². The van der Waals surface area contributed by atoms with Gasteiger partial charge in [-0.1, -0.05) is 0 Å². The molecule has 0 heterocycles. The van der Waals surface area contributed by atoms with E-state index in [2.05, 4.69) is 21.4 Å². The fraction of sp³-hybridized carbons (Fsp3) is 1.00. The van der Waals surface area contributed by atoms with Gasteiger partial charge in [-0.05, 0) is 0 Å². The molecule has 0 atom stereocenters. The smallest absolute Gasteiger partial charge is 0.195 e. The van der Waals surface area contributed by atoms with E-state index in [-0.39, 0.29) is 0 Å². The molecule has 0 aromatic carbocycles. The first kappa shape index (κ1) is 22.7. The lowest BCUT2D eigenvalue weighted by Gasteiger charge is -2.49. The van der Waals surface area contributed by atoms with Gasteiger partial charge in [-0.15, -0.1) is 0 Å². The normalized spacial score (nSPS) is 29.1. The van der Waals surface area contributed by atoms with Crippen molar-refractivity contribution >= 4 is 29.6 Å². The molecule has 0 aromatic rings. The number of halogens is 14. The lowest BCUT2D eigenvalue weighted by atomic mass is 9.80. The van der Waals surface area contributed by atoms with E-state index in [9.17, 15) is 52.7 Å². The van der Waals surface area contributed by atoms with Crippen LogP contribution in [0.25, 0.3) is 0 Å². The number of rotatable bonds is 0. The molecule has 17 heteroatoms. The number of hydrogen-bond acceptors (Lipinski definition) is 2. The fourth-order valence-corrected chi connectivity index (χ4v) is 1.18. The van der Waals surface area contributed by atoms with Gasteiger partial charge in [0.05, 0.1) is 0 Å². The van der Waals surface area contributed by atoms with Gasteiger partial charge in [-0.2, -0.15) is 61.1 Å². The third-order valence-electron chi connectivity index (χ3n) is 2.37. The summed E-state index contributed by atoms with van der Waals surface area (Å²) in [6.45, 7) is 0. The van der Waals surface area contributed by atoms with Gasteiger partial charge in [0, 0.05) is 21.4 Å². The predicted molar refractivity (Wildman–Crippen MR) is 50.3 cm³/mol. The van der Waals surface area contributed by atoms with Gasteiger partial charge in [0.15, 0.2) is 0 Å². The van der Waals surface area contributed by atoms with E-state index in [1.165, 1.54) is 0 Å². The molecule has 0 aliphatic heterocycles. The van der Waals surface area contributed by atoms with Crippen LogP contribution in [0.2, 0.25) is 0 Å². The van der Waals surface area contributed by atoms with Crippen LogP contribution in [0.3, 0.4) is 0 Å². The van der Waals surface area contributed by atoms with Crippen molar-refractivity contribution in [2.45, 2.75) is 35.5 Å². The Labute approximate surface area is 127 Å². The minimum atomic E-state index is -7.35. The maximum absolute atomic E-state index is 12.3. The summed E-state index contributed by atoms with van der Waals surface area (Å²) in [5, 5.41) is 0. The average molecular weight is 435 g/mol. The first-order chi connectivity index (χ1) is 9.50. The molecule has 1 rings (SSSR count). The summed E-state index contributed by atoms with van der Waals surface area (Å²) in [4.78, 5) is 0. The minimum Gasteiger partial charge on any atom is -0.195 e. The van der Waals surface area contributed by atoms with E-state index >= 15 is 0 Å². The van der Waals surface area contributed by atoms with Crippen LogP contribution in [-0.4, -0.2) is 44.0 Å². The van der Waals surface area contributed by atoms with Crippen LogP contribution in [0, 0.1) is 0 Å². The van der Waals surface area contributed by atoms with Crippen molar-refractivity contribution in [3.05, 3.63) is 0 Å². The Morgan fingerprint density at radius 2 is 0.478 bits per heavy atom. The fourth-order valence-electron chi connectivity index (χ4n) is 1.18. The lowest BCUT2D eigenvalue weighted by Crippen LogP contribution is -2.82. The predicted octanol–water partition coefficient (Wildman–Crippen LogP) is 4.52. The summed E-state index contributed by atoms with van der Waals surface area (Å²) in [6.07, 6.45) is 0. The maximum atomic E-state index is 12.3. The molecule has 1 saturated carbocycles. The van der Waals surface area contributed by atoms with Crippen LogP contribution in [0.4, 0.5) is 52.7 Å². The standard InChI is InChI=1S/C6F12.Cl2O2S/c7-1(8)2(9,10)4(13,14)6(17,18)5(15,16)3(1,11)12;1-5(2,3)4. The molecule has 0 aromatic heterocycles. The Kier molecular flexibility index (Phi) is 5.27. The zero-order valence-corrected chi connectivity index (χ0v) is 11.8. The highest BCUT2D eigenvalue weighted by Gasteiger charge is 3.02. The van der Waals surface area contributed by atoms with Gasteiger partial charge in [-0.3, -0.25) is 0 Å². The van der Waals surface area contributed by atoms with Crippen LogP contribution in [0.5, 0.6) is 0 Å². The lowest BCUT2D eigenvalue weighted by molar-refractivity contribution is -0.506. The molecule has 0 unspecified atom stereocenters. The monoisotopic (exact) mass is 434 g/mol. The Morgan fingerprint density at radius 3 is 0.522 bits per heavy atom. The highest BCUT2D eigenvalue weighted by molar-refractivity contribution is 8.31. The van der Waals surface area contributed by atoms with Crippen LogP contribution < -0.4 is 0 Å². The first-order valence-electron chi connectivity index (χ1n) is 4.41. The second-order valence-corrected chi connectivity index (χ2v) is 7.49. The van der Waals surface area contributed by atoms with E-state index in [0.717, 1.165) is 0 Å². The van der Waals surface area contributed by atoms with E-state index in [1.54, 1.807) is 0 Å². The van der Waals surface area contributed by atoms with E-state index in [4.69, 9.17) is 8.42 Å². The Balaban J connectivity index is 0.000000841. The second kappa shape index (κ2) is 5.34. The summed E-state index contributed by atoms with van der Waals surface area (Å²) < 4.78 is 166. The second-order valence-electron chi connectivity index (χ2n) is 3.82. The van der Waals surface area contributed by atoms with Crippen LogP contribution in [0.15, 0.2) is 0 Å². The molecule has 140 valence electrons. The molecule has 23 heavy (non-hydrogen) atoms. The SMILES string of the molecule is FC1(F)C(F)(F)C(F)(F)C(F)(F)C(F)(F)C1(F)F.O=S(=O)(Cl)Cl. The molecule has 1 aliphatic carbocycles. The van der Waals surface area contributed by atoms with Crippen LogP contribution in [-0.2, 0) is 8.26 Å². The van der Waals surface area contributed by atoms with Crippen molar-refractivity contribution in [1.82, 2.24) is 0 Å².